The summed E-state index contributed by atoms with van der Waals surface area (Å²) < 4.78 is 0.917. The third kappa shape index (κ3) is 2.84. The van der Waals surface area contributed by atoms with E-state index in [2.05, 4.69) is 11.0 Å². The van der Waals surface area contributed by atoms with Gasteiger partial charge in [-0.25, -0.2) is 0 Å². The summed E-state index contributed by atoms with van der Waals surface area (Å²) in [4.78, 5) is 2.36. The van der Waals surface area contributed by atoms with Crippen molar-refractivity contribution in [3.63, 3.8) is 0 Å². The second-order valence-electron chi connectivity index (χ2n) is 3.50. The average Bonchev–Trinajstić information content (AvgIpc) is 2.64. The maximum Gasteiger partial charge on any atom is 0.0973 e. The smallest absolute Gasteiger partial charge is 0.0973 e. The van der Waals surface area contributed by atoms with Gasteiger partial charge in [-0.15, -0.1) is 23.7 Å². The zero-order valence-corrected chi connectivity index (χ0v) is 10.2. The van der Waals surface area contributed by atoms with Crippen LogP contribution in [-0.2, 0) is 6.54 Å². The third-order valence-corrected chi connectivity index (χ3v) is 3.65. The zero-order chi connectivity index (χ0) is 9.26. The summed E-state index contributed by atoms with van der Waals surface area (Å²) >= 11 is 7.61. The van der Waals surface area contributed by atoms with Crippen LogP contribution in [0.5, 0.6) is 0 Å². The number of nitrogens with zero attached hydrogens (tertiary/aromatic N) is 1. The van der Waals surface area contributed by atoms with Gasteiger partial charge in [0.2, 0.25) is 0 Å². The van der Waals surface area contributed by atoms with Gasteiger partial charge in [0.25, 0.3) is 0 Å². The van der Waals surface area contributed by atoms with Crippen molar-refractivity contribution in [1.29, 1.82) is 0 Å². The summed E-state index contributed by atoms with van der Waals surface area (Å²) in [7, 11) is 0. The average molecular weight is 253 g/mol. The second-order valence-corrected chi connectivity index (χ2v) is 5.02. The maximum atomic E-state index is 6.02. The van der Waals surface area contributed by atoms with Crippen molar-refractivity contribution in [3.05, 3.63) is 21.3 Å². The lowest BCUT2D eigenvalue weighted by atomic mass is 10.3. The molecule has 0 amide bonds. The van der Waals surface area contributed by atoms with E-state index in [-0.39, 0.29) is 12.4 Å². The molecule has 2 rings (SSSR count). The van der Waals surface area contributed by atoms with Gasteiger partial charge in [-0.05, 0) is 23.4 Å². The lowest BCUT2D eigenvalue weighted by molar-refractivity contribution is 0.327. The highest BCUT2D eigenvalue weighted by Crippen LogP contribution is 2.25. The van der Waals surface area contributed by atoms with Crippen LogP contribution in [0, 0.1) is 0 Å². The molecule has 1 aromatic heterocycles. The first kappa shape index (κ1) is 12.3. The number of likely N-dealkylation sites (tertiary alicyclic amines) is 1. The lowest BCUT2D eigenvalue weighted by Crippen LogP contribution is -2.26. The number of hydrogen-bond donors (Lipinski definition) is 1. The largest absolute Gasteiger partial charge is 0.326 e. The summed E-state index contributed by atoms with van der Waals surface area (Å²) in [5.74, 6) is 0. The maximum absolute atomic E-state index is 6.02. The fourth-order valence-corrected chi connectivity index (χ4v) is 2.59. The molecule has 1 atom stereocenters. The van der Waals surface area contributed by atoms with E-state index < -0.39 is 0 Å². The van der Waals surface area contributed by atoms with Crippen LogP contribution < -0.4 is 5.73 Å². The van der Waals surface area contributed by atoms with Crippen LogP contribution in [0.25, 0.3) is 0 Å². The Morgan fingerprint density at radius 3 is 2.93 bits per heavy atom. The van der Waals surface area contributed by atoms with Crippen molar-refractivity contribution >= 4 is 35.3 Å². The molecule has 0 unspecified atom stereocenters. The van der Waals surface area contributed by atoms with Crippen LogP contribution in [-0.4, -0.2) is 24.0 Å². The normalized spacial score (nSPS) is 22.3. The molecule has 0 spiro atoms. The van der Waals surface area contributed by atoms with Gasteiger partial charge in [0.15, 0.2) is 0 Å². The van der Waals surface area contributed by atoms with Crippen molar-refractivity contribution in [2.24, 2.45) is 5.73 Å². The van der Waals surface area contributed by atoms with Gasteiger partial charge in [-0.1, -0.05) is 11.6 Å². The Morgan fingerprint density at radius 1 is 1.64 bits per heavy atom. The van der Waals surface area contributed by atoms with Crippen LogP contribution in [0.4, 0.5) is 0 Å². The molecule has 1 aliphatic heterocycles. The molecular weight excluding hydrogens is 239 g/mol. The minimum atomic E-state index is 0. The highest BCUT2D eigenvalue weighted by atomic mass is 35.5. The van der Waals surface area contributed by atoms with Crippen molar-refractivity contribution < 1.29 is 0 Å². The molecule has 5 heteroatoms. The Hall–Kier alpha value is 0.200. The van der Waals surface area contributed by atoms with E-state index in [9.17, 15) is 0 Å². The van der Waals surface area contributed by atoms with Crippen molar-refractivity contribution in [2.75, 3.05) is 13.1 Å². The quantitative estimate of drug-likeness (QED) is 0.876. The molecule has 2 N–H and O–H groups in total. The summed E-state index contributed by atoms with van der Waals surface area (Å²) in [6.45, 7) is 3.07. The minimum absolute atomic E-state index is 0. The Kier molecular flexibility index (Phi) is 4.67. The molecule has 2 heterocycles. The van der Waals surface area contributed by atoms with Gasteiger partial charge in [0, 0.05) is 25.7 Å². The third-order valence-electron chi connectivity index (χ3n) is 2.40. The van der Waals surface area contributed by atoms with Crippen LogP contribution in [0.3, 0.4) is 0 Å². The SMILES string of the molecule is Cl.N[C@H]1CCN(Cc2ccsc2Cl)C1. The Morgan fingerprint density at radius 2 is 2.43 bits per heavy atom. The number of halogens is 2. The molecule has 2 nitrogen and oxygen atoms in total. The van der Waals surface area contributed by atoms with Gasteiger partial charge < -0.3 is 5.73 Å². The number of nitrogens with two attached hydrogens (primary N) is 1. The molecule has 0 saturated carbocycles. The molecule has 14 heavy (non-hydrogen) atoms. The molecule has 1 aromatic rings. The first-order chi connectivity index (χ1) is 6.25. The first-order valence-corrected chi connectivity index (χ1v) is 5.71. The van der Waals surface area contributed by atoms with Crippen LogP contribution >= 0.6 is 35.3 Å². The van der Waals surface area contributed by atoms with Gasteiger partial charge in [0.05, 0.1) is 4.34 Å². The van der Waals surface area contributed by atoms with Crippen molar-refractivity contribution in [3.8, 4) is 0 Å². The molecule has 1 saturated heterocycles. The topological polar surface area (TPSA) is 29.3 Å². The Balaban J connectivity index is 0.000000980. The molecule has 0 bridgehead atoms. The summed E-state index contributed by atoms with van der Waals surface area (Å²) in [6.07, 6.45) is 1.11. The minimum Gasteiger partial charge on any atom is -0.326 e. The van der Waals surface area contributed by atoms with Crippen LogP contribution in [0.2, 0.25) is 4.34 Å². The Bertz CT molecular complexity index is 290. The monoisotopic (exact) mass is 252 g/mol. The zero-order valence-electron chi connectivity index (χ0n) is 7.78. The van der Waals surface area contributed by atoms with Crippen molar-refractivity contribution in [2.45, 2.75) is 19.0 Å². The number of thiophene rings is 1. The second kappa shape index (κ2) is 5.33. The predicted molar refractivity (Wildman–Crippen MR) is 64.4 cm³/mol. The van der Waals surface area contributed by atoms with E-state index in [1.807, 2.05) is 5.38 Å². The van der Waals surface area contributed by atoms with Crippen LogP contribution in [0.15, 0.2) is 11.4 Å². The molecule has 0 radical (unpaired) electrons. The summed E-state index contributed by atoms with van der Waals surface area (Å²) in [5.41, 5.74) is 7.06. The standard InChI is InChI=1S/C9H13ClN2S.ClH/c10-9-7(2-4-13-9)5-12-3-1-8(11)6-12;/h2,4,8H,1,3,5-6,11H2;1H/t8-;/m0./s1. The van der Waals surface area contributed by atoms with E-state index in [1.165, 1.54) is 5.56 Å². The van der Waals surface area contributed by atoms with E-state index in [4.69, 9.17) is 17.3 Å². The molecule has 1 aliphatic rings. The Labute approximate surface area is 99.4 Å². The summed E-state index contributed by atoms with van der Waals surface area (Å²) in [5, 5.41) is 2.04. The van der Waals surface area contributed by atoms with Gasteiger partial charge >= 0.3 is 0 Å². The molecule has 0 aromatic carbocycles. The summed E-state index contributed by atoms with van der Waals surface area (Å²) in [6, 6.07) is 2.45. The highest BCUT2D eigenvalue weighted by molar-refractivity contribution is 7.14. The predicted octanol–water partition coefficient (Wildman–Crippen LogP) is 2.36. The fourth-order valence-electron chi connectivity index (χ4n) is 1.68. The molecule has 1 fully saturated rings. The van der Waals surface area contributed by atoms with E-state index in [0.717, 1.165) is 30.4 Å². The molecular formula is C9H14Cl2N2S. The van der Waals surface area contributed by atoms with E-state index in [0.29, 0.717) is 6.04 Å². The number of hydrogen-bond acceptors (Lipinski definition) is 3. The number of rotatable bonds is 2. The van der Waals surface area contributed by atoms with Crippen LogP contribution in [0.1, 0.15) is 12.0 Å². The highest BCUT2D eigenvalue weighted by Gasteiger charge is 2.19. The van der Waals surface area contributed by atoms with E-state index in [1.54, 1.807) is 11.3 Å². The van der Waals surface area contributed by atoms with E-state index >= 15 is 0 Å². The van der Waals surface area contributed by atoms with Crippen molar-refractivity contribution in [1.82, 2.24) is 4.90 Å². The van der Waals surface area contributed by atoms with Gasteiger partial charge in [-0.2, -0.15) is 0 Å². The van der Waals surface area contributed by atoms with Gasteiger partial charge in [-0.3, -0.25) is 4.90 Å². The first-order valence-electron chi connectivity index (χ1n) is 4.45. The van der Waals surface area contributed by atoms with Gasteiger partial charge in [0.1, 0.15) is 0 Å². The fraction of sp³-hybridized carbons (Fsp3) is 0.556. The lowest BCUT2D eigenvalue weighted by Gasteiger charge is -2.13. The molecule has 80 valence electrons. The molecule has 0 aliphatic carbocycles.